The quantitative estimate of drug-likeness (QED) is 0.534. The van der Waals surface area contributed by atoms with Gasteiger partial charge in [-0.15, -0.1) is 0 Å². The van der Waals surface area contributed by atoms with Crippen LogP contribution in [0.3, 0.4) is 0 Å². The van der Waals surface area contributed by atoms with E-state index in [4.69, 9.17) is 11.0 Å². The van der Waals surface area contributed by atoms with Crippen LogP contribution in [0.2, 0.25) is 0 Å². The van der Waals surface area contributed by atoms with Crippen molar-refractivity contribution in [2.75, 3.05) is 30.7 Å². The number of hydrogen-bond donors (Lipinski definition) is 3. The van der Waals surface area contributed by atoms with Gasteiger partial charge in [-0.25, -0.2) is 15.0 Å². The number of fused-ring (bicyclic) bond motifs is 1. The predicted octanol–water partition coefficient (Wildman–Crippen LogP) is 3.19. The summed E-state index contributed by atoms with van der Waals surface area (Å²) in [6, 6.07) is 2.89. The molecule has 4 rings (SSSR count). The summed E-state index contributed by atoms with van der Waals surface area (Å²) in [5.74, 6) is 0.432. The zero-order valence-electron chi connectivity index (χ0n) is 17.5. The van der Waals surface area contributed by atoms with Crippen LogP contribution in [0, 0.1) is 17.2 Å². The van der Waals surface area contributed by atoms with Crippen molar-refractivity contribution in [1.29, 1.82) is 5.26 Å². The van der Waals surface area contributed by atoms with Crippen LogP contribution in [0.25, 0.3) is 22.3 Å². The number of amides is 1. The molecule has 3 aromatic heterocycles. The summed E-state index contributed by atoms with van der Waals surface area (Å²) in [7, 11) is 0. The maximum absolute atomic E-state index is 13.1. The van der Waals surface area contributed by atoms with Crippen molar-refractivity contribution in [1.82, 2.24) is 24.8 Å². The van der Waals surface area contributed by atoms with Gasteiger partial charge in [0.2, 0.25) is 11.9 Å². The van der Waals surface area contributed by atoms with E-state index >= 15 is 0 Å². The van der Waals surface area contributed by atoms with Crippen LogP contribution in [0.1, 0.15) is 24.8 Å². The number of carbonyl (C=O) groups excluding carboxylic acids is 1. The highest BCUT2D eigenvalue weighted by molar-refractivity contribution is 5.95. The van der Waals surface area contributed by atoms with Gasteiger partial charge in [0.15, 0.2) is 0 Å². The van der Waals surface area contributed by atoms with Crippen LogP contribution in [-0.4, -0.2) is 50.4 Å². The van der Waals surface area contributed by atoms with Crippen molar-refractivity contribution < 1.29 is 18.0 Å². The molecule has 33 heavy (non-hydrogen) atoms. The molecule has 9 nitrogen and oxygen atoms in total. The van der Waals surface area contributed by atoms with Crippen molar-refractivity contribution in [3.05, 3.63) is 30.2 Å². The number of aromatic nitrogens is 4. The molecule has 0 spiro atoms. The van der Waals surface area contributed by atoms with E-state index in [1.165, 1.54) is 12.4 Å². The molecule has 12 heteroatoms. The third-order valence-electron chi connectivity index (χ3n) is 5.68. The molecule has 4 heterocycles. The fourth-order valence-corrected chi connectivity index (χ4v) is 3.85. The molecule has 3 aromatic rings. The number of likely N-dealkylation sites (tertiary alicyclic amines) is 1. The second-order valence-electron chi connectivity index (χ2n) is 7.86. The largest absolute Gasteiger partial charge is 0.417 e. The Kier molecular flexibility index (Phi) is 6.04. The van der Waals surface area contributed by atoms with Crippen molar-refractivity contribution in [2.45, 2.75) is 25.4 Å². The molecular weight excluding hydrogens is 437 g/mol. The van der Waals surface area contributed by atoms with Gasteiger partial charge in [-0.3, -0.25) is 4.79 Å². The minimum absolute atomic E-state index is 0.112. The zero-order chi connectivity index (χ0) is 23.6. The number of aromatic amines is 1. The zero-order valence-corrected chi connectivity index (χ0v) is 17.5. The van der Waals surface area contributed by atoms with Crippen LogP contribution >= 0.6 is 0 Å². The highest BCUT2D eigenvalue weighted by Crippen LogP contribution is 2.35. The molecule has 1 aliphatic rings. The number of alkyl halides is 3. The Morgan fingerprint density at radius 1 is 1.30 bits per heavy atom. The SMILES string of the molecule is N#CCC(=O)N1CCC(CNc2ncc(N)c(-c3c[nH]c4ncc(C(F)(F)F)cc34)n2)CC1. The van der Waals surface area contributed by atoms with Crippen LogP contribution in [0.15, 0.2) is 24.7 Å². The first-order chi connectivity index (χ1) is 15.8. The molecular formula is C21H21F3N8O. The van der Waals surface area contributed by atoms with Gasteiger partial charge >= 0.3 is 6.18 Å². The molecule has 0 bridgehead atoms. The minimum Gasteiger partial charge on any atom is -0.396 e. The highest BCUT2D eigenvalue weighted by atomic mass is 19.4. The van der Waals surface area contributed by atoms with Crippen molar-refractivity contribution in [3.8, 4) is 17.3 Å². The van der Waals surface area contributed by atoms with Crippen LogP contribution < -0.4 is 11.1 Å². The Bertz CT molecular complexity index is 1210. The van der Waals surface area contributed by atoms with E-state index < -0.39 is 11.7 Å². The van der Waals surface area contributed by atoms with E-state index in [1.54, 1.807) is 4.90 Å². The molecule has 0 unspecified atom stereocenters. The van der Waals surface area contributed by atoms with Crippen LogP contribution in [0.5, 0.6) is 0 Å². The lowest BCUT2D eigenvalue weighted by atomic mass is 9.96. The second kappa shape index (κ2) is 8.93. The van der Waals surface area contributed by atoms with Crippen molar-refractivity contribution in [3.63, 3.8) is 0 Å². The molecule has 0 aliphatic carbocycles. The third kappa shape index (κ3) is 4.82. The second-order valence-corrected chi connectivity index (χ2v) is 7.86. The average Bonchev–Trinajstić information content (AvgIpc) is 3.21. The Labute approximate surface area is 186 Å². The topological polar surface area (TPSA) is 137 Å². The first-order valence-electron chi connectivity index (χ1n) is 10.3. The number of nitrogens with one attached hydrogen (secondary N) is 2. The number of nitrogens with zero attached hydrogens (tertiary/aromatic N) is 5. The number of carbonyl (C=O) groups is 1. The highest BCUT2D eigenvalue weighted by Gasteiger charge is 2.31. The Balaban J connectivity index is 1.48. The normalized spacial score (nSPS) is 14.9. The first kappa shape index (κ1) is 22.3. The molecule has 1 aliphatic heterocycles. The number of nitriles is 1. The number of nitrogens with two attached hydrogens (primary N) is 1. The molecule has 4 N–H and O–H groups in total. The fraction of sp³-hybridized carbons (Fsp3) is 0.381. The summed E-state index contributed by atoms with van der Waals surface area (Å²) in [5.41, 5.74) is 6.39. The van der Waals surface area contributed by atoms with Gasteiger partial charge in [-0.05, 0) is 24.8 Å². The molecule has 0 radical (unpaired) electrons. The number of anilines is 2. The average molecular weight is 458 g/mol. The monoisotopic (exact) mass is 458 g/mol. The van der Waals surface area contributed by atoms with E-state index in [9.17, 15) is 18.0 Å². The van der Waals surface area contributed by atoms with Gasteiger partial charge in [0, 0.05) is 43.0 Å². The van der Waals surface area contributed by atoms with E-state index in [0.717, 1.165) is 25.1 Å². The van der Waals surface area contributed by atoms with Gasteiger partial charge in [-0.2, -0.15) is 18.4 Å². The number of piperidine rings is 1. The number of rotatable bonds is 5. The summed E-state index contributed by atoms with van der Waals surface area (Å²) in [4.78, 5) is 28.8. The molecule has 0 aromatic carbocycles. The number of H-pyrrole nitrogens is 1. The van der Waals surface area contributed by atoms with Gasteiger partial charge in [-0.1, -0.05) is 0 Å². The lowest BCUT2D eigenvalue weighted by molar-refractivity contribution is -0.137. The summed E-state index contributed by atoms with van der Waals surface area (Å²) in [6.07, 6.45) is 0.633. The number of halogens is 3. The number of pyridine rings is 1. The Hall–Kier alpha value is -3.88. The Morgan fingerprint density at radius 2 is 2.06 bits per heavy atom. The lowest BCUT2D eigenvalue weighted by Gasteiger charge is -2.31. The number of hydrogen-bond acceptors (Lipinski definition) is 7. The summed E-state index contributed by atoms with van der Waals surface area (Å²) < 4.78 is 39.4. The van der Waals surface area contributed by atoms with Crippen molar-refractivity contribution in [2.24, 2.45) is 5.92 Å². The van der Waals surface area contributed by atoms with E-state index in [1.807, 2.05) is 6.07 Å². The Morgan fingerprint density at radius 3 is 2.76 bits per heavy atom. The standard InChI is InChI=1S/C21H21F3N8O/c22-21(23,24)13-7-14-15(10-28-19(14)27-9-13)18-16(26)11-30-20(31-18)29-8-12-2-5-32(6-3-12)17(33)1-4-25/h7,9-12H,1-3,5-6,8,26H2,(H,27,28)(H,29,30,31). The summed E-state index contributed by atoms with van der Waals surface area (Å²) in [6.45, 7) is 1.74. The lowest BCUT2D eigenvalue weighted by Crippen LogP contribution is -2.39. The summed E-state index contributed by atoms with van der Waals surface area (Å²) >= 11 is 0. The van der Waals surface area contributed by atoms with Gasteiger partial charge < -0.3 is 20.9 Å². The van der Waals surface area contributed by atoms with Gasteiger partial charge in [0.05, 0.1) is 23.5 Å². The molecule has 1 amide bonds. The van der Waals surface area contributed by atoms with Crippen LogP contribution in [0.4, 0.5) is 24.8 Å². The molecule has 0 saturated carbocycles. The summed E-state index contributed by atoms with van der Waals surface area (Å²) in [5, 5.41) is 12.1. The predicted molar refractivity (Wildman–Crippen MR) is 115 cm³/mol. The first-order valence-corrected chi connectivity index (χ1v) is 10.3. The maximum atomic E-state index is 13.1. The van der Waals surface area contributed by atoms with Gasteiger partial charge in [0.1, 0.15) is 17.8 Å². The van der Waals surface area contributed by atoms with Gasteiger partial charge in [0.25, 0.3) is 0 Å². The smallest absolute Gasteiger partial charge is 0.396 e. The van der Waals surface area contributed by atoms with E-state index in [-0.39, 0.29) is 29.3 Å². The number of nitrogen functional groups attached to an aromatic ring is 1. The fourth-order valence-electron chi connectivity index (χ4n) is 3.85. The third-order valence-corrected chi connectivity index (χ3v) is 5.68. The minimum atomic E-state index is -4.52. The molecule has 1 fully saturated rings. The molecule has 0 atom stereocenters. The van der Waals surface area contributed by atoms with Crippen LogP contribution in [-0.2, 0) is 11.0 Å². The molecule has 1 saturated heterocycles. The maximum Gasteiger partial charge on any atom is 0.417 e. The van der Waals surface area contributed by atoms with E-state index in [0.29, 0.717) is 42.5 Å². The van der Waals surface area contributed by atoms with Crippen molar-refractivity contribution >= 4 is 28.6 Å². The molecule has 172 valence electrons. The van der Waals surface area contributed by atoms with E-state index in [2.05, 4.69) is 25.3 Å².